The van der Waals surface area contributed by atoms with E-state index in [-0.39, 0.29) is 0 Å². The molecule has 86 valence electrons. The molecule has 0 radical (unpaired) electrons. The molecule has 0 amide bonds. The Labute approximate surface area is 102 Å². The monoisotopic (exact) mass is 224 g/mol. The van der Waals surface area contributed by atoms with Crippen molar-refractivity contribution in [2.24, 2.45) is 5.92 Å². The second kappa shape index (κ2) is 4.21. The van der Waals surface area contributed by atoms with Crippen molar-refractivity contribution in [2.75, 3.05) is 5.32 Å². The summed E-state index contributed by atoms with van der Waals surface area (Å²) in [5.74, 6) is 0.569. The van der Waals surface area contributed by atoms with Crippen LogP contribution in [-0.2, 0) is 6.42 Å². The fourth-order valence-corrected chi connectivity index (χ4v) is 2.54. The maximum Gasteiger partial charge on any atom is 0.0638 e. The quantitative estimate of drug-likeness (QED) is 0.802. The molecule has 1 aliphatic heterocycles. The first-order chi connectivity index (χ1) is 8.34. The molecule has 0 fully saturated rings. The zero-order chi connectivity index (χ0) is 11.7. The Morgan fingerprint density at radius 1 is 1.12 bits per heavy atom. The largest absolute Gasteiger partial charge is 0.376 e. The van der Waals surface area contributed by atoms with Gasteiger partial charge < -0.3 is 5.32 Å². The first-order valence-corrected chi connectivity index (χ1v) is 6.10. The molecule has 0 saturated heterocycles. The van der Waals surface area contributed by atoms with Gasteiger partial charge in [0.2, 0.25) is 0 Å². The van der Waals surface area contributed by atoms with E-state index in [2.05, 4.69) is 53.6 Å². The van der Waals surface area contributed by atoms with Gasteiger partial charge in [-0.2, -0.15) is 0 Å². The van der Waals surface area contributed by atoms with E-state index >= 15 is 0 Å². The third-order valence-corrected chi connectivity index (χ3v) is 3.44. The van der Waals surface area contributed by atoms with Gasteiger partial charge in [-0.1, -0.05) is 37.3 Å². The van der Waals surface area contributed by atoms with Crippen molar-refractivity contribution in [1.82, 2.24) is 4.98 Å². The van der Waals surface area contributed by atoms with E-state index in [1.165, 1.54) is 16.9 Å². The molecule has 2 heterocycles. The second-order valence-corrected chi connectivity index (χ2v) is 4.71. The number of hydrogen-bond donors (Lipinski definition) is 1. The molecule has 1 aliphatic rings. The minimum absolute atomic E-state index is 0.396. The zero-order valence-corrected chi connectivity index (χ0v) is 9.93. The Kier molecular flexibility index (Phi) is 2.56. The summed E-state index contributed by atoms with van der Waals surface area (Å²) in [7, 11) is 0. The first-order valence-electron chi connectivity index (χ1n) is 6.10. The summed E-state index contributed by atoms with van der Waals surface area (Å²) in [5.41, 5.74) is 3.72. The Bertz CT molecular complexity index is 507. The number of pyridine rings is 1. The highest BCUT2D eigenvalue weighted by atomic mass is 15.0. The number of rotatable bonds is 1. The van der Waals surface area contributed by atoms with Crippen LogP contribution in [0.3, 0.4) is 0 Å². The van der Waals surface area contributed by atoms with Gasteiger partial charge >= 0.3 is 0 Å². The standard InChI is InChI=1S/C15H16N2/c1-11-10-14-13(8-5-9-16-14)17-15(11)12-6-3-2-4-7-12/h2-9,11,15,17H,10H2,1H3/t11-,15+/m1/s1. The molecular weight excluding hydrogens is 208 g/mol. The SMILES string of the molecule is C[C@@H]1Cc2ncccc2N[C@@H]1c1ccccc1. The normalized spacial score (nSPS) is 22.6. The van der Waals surface area contributed by atoms with Crippen LogP contribution >= 0.6 is 0 Å². The summed E-state index contributed by atoms with van der Waals surface area (Å²) < 4.78 is 0. The lowest BCUT2D eigenvalue weighted by molar-refractivity contribution is 0.472. The summed E-state index contributed by atoms with van der Waals surface area (Å²) in [6.45, 7) is 2.28. The number of hydrogen-bond acceptors (Lipinski definition) is 2. The molecule has 2 nitrogen and oxygen atoms in total. The van der Waals surface area contributed by atoms with Gasteiger partial charge in [-0.25, -0.2) is 0 Å². The molecule has 2 atom stereocenters. The van der Waals surface area contributed by atoms with Crippen molar-refractivity contribution >= 4 is 5.69 Å². The molecule has 0 bridgehead atoms. The summed E-state index contributed by atoms with van der Waals surface area (Å²) in [6.07, 6.45) is 2.92. The van der Waals surface area contributed by atoms with E-state index < -0.39 is 0 Å². The van der Waals surface area contributed by atoms with E-state index in [0.717, 1.165) is 6.42 Å². The van der Waals surface area contributed by atoms with Gasteiger partial charge in [-0.05, 0) is 30.0 Å². The van der Waals surface area contributed by atoms with E-state index in [1.807, 2.05) is 12.3 Å². The number of nitrogens with zero attached hydrogens (tertiary/aromatic N) is 1. The van der Waals surface area contributed by atoms with Crippen molar-refractivity contribution in [1.29, 1.82) is 0 Å². The van der Waals surface area contributed by atoms with Crippen LogP contribution in [-0.4, -0.2) is 4.98 Å². The summed E-state index contributed by atoms with van der Waals surface area (Å²) in [4.78, 5) is 4.44. The molecule has 0 spiro atoms. The first kappa shape index (κ1) is 10.3. The van der Waals surface area contributed by atoms with Gasteiger partial charge in [0.25, 0.3) is 0 Å². The molecule has 3 rings (SSSR count). The smallest absolute Gasteiger partial charge is 0.0638 e. The second-order valence-electron chi connectivity index (χ2n) is 4.71. The highest BCUT2D eigenvalue weighted by Crippen LogP contribution is 2.35. The topological polar surface area (TPSA) is 24.9 Å². The summed E-state index contributed by atoms with van der Waals surface area (Å²) >= 11 is 0. The number of benzene rings is 1. The molecule has 2 aromatic rings. The number of anilines is 1. The van der Waals surface area contributed by atoms with Crippen molar-refractivity contribution in [3.8, 4) is 0 Å². The minimum Gasteiger partial charge on any atom is -0.376 e. The lowest BCUT2D eigenvalue weighted by Crippen LogP contribution is -2.26. The summed E-state index contributed by atoms with van der Waals surface area (Å²) in [5, 5.41) is 3.60. The molecule has 0 unspecified atom stereocenters. The van der Waals surface area contributed by atoms with Crippen LogP contribution in [0.15, 0.2) is 48.7 Å². The lowest BCUT2D eigenvalue weighted by Gasteiger charge is -2.32. The molecule has 17 heavy (non-hydrogen) atoms. The van der Waals surface area contributed by atoms with E-state index in [9.17, 15) is 0 Å². The van der Waals surface area contributed by atoms with E-state index in [1.54, 1.807) is 0 Å². The number of nitrogens with one attached hydrogen (secondary N) is 1. The average Bonchev–Trinajstić information content (AvgIpc) is 2.39. The highest BCUT2D eigenvalue weighted by molar-refractivity contribution is 5.52. The Morgan fingerprint density at radius 3 is 2.76 bits per heavy atom. The maximum atomic E-state index is 4.44. The van der Waals surface area contributed by atoms with E-state index in [4.69, 9.17) is 0 Å². The third kappa shape index (κ3) is 1.91. The Balaban J connectivity index is 1.95. The maximum absolute atomic E-state index is 4.44. The van der Waals surface area contributed by atoms with Gasteiger partial charge in [0.05, 0.1) is 17.4 Å². The highest BCUT2D eigenvalue weighted by Gasteiger charge is 2.26. The van der Waals surface area contributed by atoms with Crippen LogP contribution in [0.4, 0.5) is 5.69 Å². The van der Waals surface area contributed by atoms with Gasteiger partial charge in [0.1, 0.15) is 0 Å². The molecule has 2 heteroatoms. The number of aromatic nitrogens is 1. The van der Waals surface area contributed by atoms with Crippen LogP contribution in [0.2, 0.25) is 0 Å². The number of fused-ring (bicyclic) bond motifs is 1. The van der Waals surface area contributed by atoms with Crippen LogP contribution in [0.5, 0.6) is 0 Å². The van der Waals surface area contributed by atoms with Crippen LogP contribution in [0.1, 0.15) is 24.2 Å². The van der Waals surface area contributed by atoms with Crippen LogP contribution in [0, 0.1) is 5.92 Å². The fourth-order valence-electron chi connectivity index (χ4n) is 2.54. The van der Waals surface area contributed by atoms with Gasteiger partial charge in [-0.15, -0.1) is 0 Å². The van der Waals surface area contributed by atoms with Crippen molar-refractivity contribution < 1.29 is 0 Å². The Hall–Kier alpha value is -1.83. The van der Waals surface area contributed by atoms with Gasteiger partial charge in [0.15, 0.2) is 0 Å². The lowest BCUT2D eigenvalue weighted by atomic mass is 9.87. The van der Waals surface area contributed by atoms with E-state index in [0.29, 0.717) is 12.0 Å². The van der Waals surface area contributed by atoms with Crippen molar-refractivity contribution in [3.63, 3.8) is 0 Å². The fraction of sp³-hybridized carbons (Fsp3) is 0.267. The van der Waals surface area contributed by atoms with Gasteiger partial charge in [0, 0.05) is 6.20 Å². The average molecular weight is 224 g/mol. The predicted octanol–water partition coefficient (Wildman–Crippen LogP) is 3.43. The zero-order valence-electron chi connectivity index (χ0n) is 9.93. The minimum atomic E-state index is 0.396. The molecule has 0 saturated carbocycles. The summed E-state index contributed by atoms with van der Waals surface area (Å²) in [6, 6.07) is 15.1. The van der Waals surface area contributed by atoms with Crippen LogP contribution in [0.25, 0.3) is 0 Å². The van der Waals surface area contributed by atoms with Crippen molar-refractivity contribution in [3.05, 3.63) is 59.9 Å². The van der Waals surface area contributed by atoms with Crippen molar-refractivity contribution in [2.45, 2.75) is 19.4 Å². The molecule has 1 aromatic carbocycles. The predicted molar refractivity (Wildman–Crippen MR) is 69.9 cm³/mol. The molecule has 1 N–H and O–H groups in total. The van der Waals surface area contributed by atoms with Crippen LogP contribution < -0.4 is 5.32 Å². The molecule has 0 aliphatic carbocycles. The third-order valence-electron chi connectivity index (χ3n) is 3.44. The van der Waals surface area contributed by atoms with Gasteiger partial charge in [-0.3, -0.25) is 4.98 Å². The molecule has 1 aromatic heterocycles. The Morgan fingerprint density at radius 2 is 1.94 bits per heavy atom. The molecular formula is C15H16N2.